The Hall–Kier alpha value is -5.00. The molecule has 1 fully saturated rings. The zero-order chi connectivity index (χ0) is 32.6. The normalized spacial score (nSPS) is 15.1. The van der Waals surface area contributed by atoms with E-state index in [-0.39, 0.29) is 45.8 Å². The molecule has 1 aliphatic heterocycles. The maximum absolute atomic E-state index is 16.2. The van der Waals surface area contributed by atoms with E-state index < -0.39 is 28.9 Å². The van der Waals surface area contributed by atoms with Gasteiger partial charge in [-0.15, -0.1) is 0 Å². The van der Waals surface area contributed by atoms with Crippen molar-refractivity contribution < 1.29 is 18.4 Å². The molecule has 1 saturated heterocycles. The van der Waals surface area contributed by atoms with Crippen LogP contribution in [0.4, 0.5) is 14.6 Å². The summed E-state index contributed by atoms with van der Waals surface area (Å²) < 4.78 is 32.9. The van der Waals surface area contributed by atoms with E-state index in [1.54, 1.807) is 17.2 Å². The molecule has 1 atom stereocenters. The molecular formula is C33H35F2N7O3. The average molecular weight is 616 g/mol. The Morgan fingerprint density at radius 3 is 2.58 bits per heavy atom. The summed E-state index contributed by atoms with van der Waals surface area (Å²) in [6.45, 7) is 12.3. The van der Waals surface area contributed by atoms with Crippen LogP contribution in [0, 0.1) is 24.5 Å². The van der Waals surface area contributed by atoms with Gasteiger partial charge in [0.05, 0.1) is 27.9 Å². The van der Waals surface area contributed by atoms with Crippen LogP contribution in [-0.2, 0) is 11.2 Å². The summed E-state index contributed by atoms with van der Waals surface area (Å²) in [5.74, 6) is -2.20. The van der Waals surface area contributed by atoms with E-state index >= 15 is 8.78 Å². The molecule has 2 amide bonds. The highest BCUT2D eigenvalue weighted by Crippen LogP contribution is 2.34. The Labute approximate surface area is 259 Å². The van der Waals surface area contributed by atoms with Crippen LogP contribution in [0.2, 0.25) is 0 Å². The number of fused-ring (bicyclic) bond motifs is 1. The lowest BCUT2D eigenvalue weighted by atomic mass is 10.0. The first-order valence-electron chi connectivity index (χ1n) is 14.7. The standard InChI is InChI=1S/C33H35F2N7O3/c1-7-26(43)40-13-14-41(20(5)17-40)30-22-16-24(35)28(27-21(32(44)36-6)9-8-10-23(27)34)38-31(22)42(33(45)39-30)29-19(4)11-12-37-25(29)15-18(2)3/h7-12,16,18,20H,1,13-15,17H2,2-6H3,(H,36,44)/t20-/m0/s1. The van der Waals surface area contributed by atoms with Crippen molar-refractivity contribution in [2.75, 3.05) is 31.6 Å². The molecule has 0 unspecified atom stereocenters. The number of carbonyl (C=O) groups excluding carboxylic acids is 2. The summed E-state index contributed by atoms with van der Waals surface area (Å²) in [7, 11) is 1.39. The van der Waals surface area contributed by atoms with Crippen molar-refractivity contribution in [2.45, 2.75) is 40.2 Å². The number of nitrogens with one attached hydrogen (secondary N) is 1. The first-order valence-corrected chi connectivity index (χ1v) is 14.7. The van der Waals surface area contributed by atoms with E-state index in [9.17, 15) is 14.4 Å². The van der Waals surface area contributed by atoms with Gasteiger partial charge in [-0.2, -0.15) is 4.98 Å². The Balaban J connectivity index is 1.85. The number of rotatable bonds is 7. The number of pyridine rings is 2. The summed E-state index contributed by atoms with van der Waals surface area (Å²) in [4.78, 5) is 56.2. The minimum Gasteiger partial charge on any atom is -0.355 e. The van der Waals surface area contributed by atoms with Crippen LogP contribution in [-0.4, -0.2) is 69.0 Å². The molecule has 1 aliphatic rings. The zero-order valence-electron chi connectivity index (χ0n) is 25.9. The van der Waals surface area contributed by atoms with Crippen molar-refractivity contribution in [1.82, 2.24) is 29.7 Å². The third-order valence-corrected chi connectivity index (χ3v) is 7.94. The van der Waals surface area contributed by atoms with Crippen molar-refractivity contribution >= 4 is 28.7 Å². The van der Waals surface area contributed by atoms with Crippen molar-refractivity contribution in [3.05, 3.63) is 88.1 Å². The Morgan fingerprint density at radius 1 is 1.16 bits per heavy atom. The third-order valence-electron chi connectivity index (χ3n) is 7.94. The molecule has 0 spiro atoms. The Morgan fingerprint density at radius 2 is 1.91 bits per heavy atom. The van der Waals surface area contributed by atoms with Gasteiger partial charge < -0.3 is 15.1 Å². The molecule has 0 bridgehead atoms. The van der Waals surface area contributed by atoms with Crippen LogP contribution in [0.15, 0.2) is 54.0 Å². The molecule has 5 rings (SSSR count). The summed E-state index contributed by atoms with van der Waals surface area (Å²) in [5.41, 5.74) is 0.284. The second-order valence-electron chi connectivity index (χ2n) is 11.5. The molecule has 0 radical (unpaired) electrons. The van der Waals surface area contributed by atoms with Gasteiger partial charge in [-0.1, -0.05) is 26.5 Å². The van der Waals surface area contributed by atoms with E-state index in [4.69, 9.17) is 0 Å². The van der Waals surface area contributed by atoms with Crippen LogP contribution in [0.1, 0.15) is 42.4 Å². The lowest BCUT2D eigenvalue weighted by Gasteiger charge is -2.40. The second kappa shape index (κ2) is 12.5. The van der Waals surface area contributed by atoms with E-state index in [2.05, 4.69) is 26.8 Å². The minimum atomic E-state index is -0.899. The van der Waals surface area contributed by atoms with Crippen molar-refractivity contribution in [1.29, 1.82) is 0 Å². The zero-order valence-corrected chi connectivity index (χ0v) is 25.9. The Bertz CT molecular complexity index is 1890. The number of benzene rings is 1. The van der Waals surface area contributed by atoms with Crippen molar-refractivity contribution in [2.24, 2.45) is 5.92 Å². The summed E-state index contributed by atoms with van der Waals surface area (Å²) in [6.07, 6.45) is 3.44. The quantitative estimate of drug-likeness (QED) is 0.310. The van der Waals surface area contributed by atoms with Crippen molar-refractivity contribution in [3.8, 4) is 16.9 Å². The number of piperazine rings is 1. The highest BCUT2D eigenvalue weighted by molar-refractivity contribution is 6.01. The molecule has 10 nitrogen and oxygen atoms in total. The largest absolute Gasteiger partial charge is 0.355 e. The summed E-state index contributed by atoms with van der Waals surface area (Å²) >= 11 is 0. The number of aromatic nitrogens is 4. The monoisotopic (exact) mass is 615 g/mol. The molecule has 12 heteroatoms. The molecule has 0 aliphatic carbocycles. The maximum atomic E-state index is 16.2. The predicted octanol–water partition coefficient (Wildman–Crippen LogP) is 4.21. The number of nitrogens with zero attached hydrogens (tertiary/aromatic N) is 6. The van der Waals surface area contributed by atoms with Crippen LogP contribution in [0.3, 0.4) is 0 Å². The van der Waals surface area contributed by atoms with Gasteiger partial charge in [0, 0.05) is 38.9 Å². The molecule has 4 heterocycles. The van der Waals surface area contributed by atoms with Crippen molar-refractivity contribution in [3.63, 3.8) is 0 Å². The SMILES string of the molecule is C=CC(=O)N1CCN(c2nc(=O)n(-c3c(C)ccnc3CC(C)C)c3nc(-c4c(F)cccc4C(=O)NC)c(F)cc23)[C@@H](C)C1. The fourth-order valence-electron chi connectivity index (χ4n) is 5.84. The first kappa shape index (κ1) is 31.4. The molecule has 234 valence electrons. The minimum absolute atomic E-state index is 0.0328. The number of hydrogen-bond donors (Lipinski definition) is 1. The predicted molar refractivity (Wildman–Crippen MR) is 169 cm³/mol. The van der Waals surface area contributed by atoms with E-state index in [1.165, 1.54) is 35.9 Å². The smallest absolute Gasteiger partial charge is 0.355 e. The Kier molecular flexibility index (Phi) is 8.76. The molecule has 4 aromatic rings. The van der Waals surface area contributed by atoms with Gasteiger partial charge in [0.1, 0.15) is 17.3 Å². The number of halogens is 2. The molecule has 45 heavy (non-hydrogen) atoms. The van der Waals surface area contributed by atoms with Gasteiger partial charge >= 0.3 is 5.69 Å². The lowest BCUT2D eigenvalue weighted by molar-refractivity contribution is -0.126. The molecular weight excluding hydrogens is 580 g/mol. The summed E-state index contributed by atoms with van der Waals surface area (Å²) in [5, 5.41) is 2.67. The number of hydrogen-bond acceptors (Lipinski definition) is 7. The first-order chi connectivity index (χ1) is 21.5. The third kappa shape index (κ3) is 5.79. The van der Waals surface area contributed by atoms with E-state index in [1.807, 2.05) is 32.6 Å². The topological polar surface area (TPSA) is 113 Å². The van der Waals surface area contributed by atoms with Crippen LogP contribution in [0.25, 0.3) is 28.0 Å². The van der Waals surface area contributed by atoms with Crippen LogP contribution < -0.4 is 15.9 Å². The molecule has 0 saturated carbocycles. The number of amides is 2. The molecule has 1 N–H and O–H groups in total. The van der Waals surface area contributed by atoms with Gasteiger partial charge in [0.25, 0.3) is 5.91 Å². The highest BCUT2D eigenvalue weighted by Gasteiger charge is 2.31. The maximum Gasteiger partial charge on any atom is 0.355 e. The fourth-order valence-corrected chi connectivity index (χ4v) is 5.84. The summed E-state index contributed by atoms with van der Waals surface area (Å²) in [6, 6.07) is 6.50. The average Bonchev–Trinajstić information content (AvgIpc) is 3.00. The van der Waals surface area contributed by atoms with E-state index in [0.29, 0.717) is 43.0 Å². The number of aryl methyl sites for hydroxylation is 1. The number of carbonyl (C=O) groups is 2. The van der Waals surface area contributed by atoms with Gasteiger partial charge in [0.2, 0.25) is 5.91 Å². The molecule has 1 aromatic carbocycles. The lowest BCUT2D eigenvalue weighted by Crippen LogP contribution is -2.54. The van der Waals surface area contributed by atoms with Gasteiger partial charge in [-0.25, -0.2) is 23.1 Å². The van der Waals surface area contributed by atoms with Gasteiger partial charge in [-0.3, -0.25) is 14.6 Å². The van der Waals surface area contributed by atoms with Crippen LogP contribution in [0.5, 0.6) is 0 Å². The van der Waals surface area contributed by atoms with Gasteiger partial charge in [0.15, 0.2) is 11.5 Å². The van der Waals surface area contributed by atoms with E-state index in [0.717, 1.165) is 6.07 Å². The molecule has 3 aromatic heterocycles. The van der Waals surface area contributed by atoms with Gasteiger partial charge in [-0.05, 0) is 62.1 Å². The number of anilines is 1. The fraction of sp³-hybridized carbons (Fsp3) is 0.333. The highest BCUT2D eigenvalue weighted by atomic mass is 19.1. The van der Waals surface area contributed by atoms with Crippen LogP contribution >= 0.6 is 0 Å². The second-order valence-corrected chi connectivity index (χ2v) is 11.5.